The molecule has 0 bridgehead atoms. The lowest BCUT2D eigenvalue weighted by Gasteiger charge is -2.22. The van der Waals surface area contributed by atoms with E-state index in [1.807, 2.05) is 28.8 Å². The summed E-state index contributed by atoms with van der Waals surface area (Å²) in [7, 11) is 0. The highest BCUT2D eigenvalue weighted by Gasteiger charge is 2.43. The van der Waals surface area contributed by atoms with Gasteiger partial charge in [0.2, 0.25) is 0 Å². The van der Waals surface area contributed by atoms with Crippen molar-refractivity contribution in [3.63, 3.8) is 0 Å². The number of nitrogens with one attached hydrogen (secondary N) is 2. The molecule has 4 rings (SSSR count). The molecule has 0 aliphatic heterocycles. The minimum atomic E-state index is 0. The van der Waals surface area contributed by atoms with E-state index in [4.69, 9.17) is 4.99 Å². The Morgan fingerprint density at radius 3 is 2.88 bits per heavy atom. The monoisotopic (exact) mass is 468 g/mol. The molecule has 2 saturated carbocycles. The van der Waals surface area contributed by atoms with E-state index in [0.717, 1.165) is 35.8 Å². The van der Waals surface area contributed by atoms with Gasteiger partial charge in [0.1, 0.15) is 6.54 Å². The van der Waals surface area contributed by atoms with E-state index in [1.54, 1.807) is 0 Å². The van der Waals surface area contributed by atoms with Crippen molar-refractivity contribution < 1.29 is 0 Å². The van der Waals surface area contributed by atoms with Crippen LogP contribution in [0.15, 0.2) is 29.4 Å². The molecule has 2 aromatic rings. The number of halogens is 1. The Morgan fingerprint density at radius 2 is 2.08 bits per heavy atom. The maximum Gasteiger partial charge on any atom is 0.191 e. The van der Waals surface area contributed by atoms with Gasteiger partial charge in [0.05, 0.1) is 0 Å². The maximum absolute atomic E-state index is 4.74. The first-order valence-electron chi connectivity index (χ1n) is 9.68. The van der Waals surface area contributed by atoms with Crippen molar-refractivity contribution in [2.45, 2.75) is 58.0 Å². The van der Waals surface area contributed by atoms with Crippen LogP contribution in [0.25, 0.3) is 5.65 Å². The average molecular weight is 468 g/mol. The van der Waals surface area contributed by atoms with Gasteiger partial charge < -0.3 is 10.6 Å². The second-order valence-corrected chi connectivity index (χ2v) is 7.29. The molecule has 26 heavy (non-hydrogen) atoms. The highest BCUT2D eigenvalue weighted by molar-refractivity contribution is 14.0. The summed E-state index contributed by atoms with van der Waals surface area (Å²) in [5.41, 5.74) is 0.866. The van der Waals surface area contributed by atoms with Crippen molar-refractivity contribution in [3.05, 3.63) is 30.2 Å². The second kappa shape index (κ2) is 9.01. The average Bonchev–Trinajstić information content (AvgIpc) is 3.30. The molecule has 2 aliphatic carbocycles. The van der Waals surface area contributed by atoms with Gasteiger partial charge in [-0.05, 0) is 37.3 Å². The van der Waals surface area contributed by atoms with E-state index >= 15 is 0 Å². The van der Waals surface area contributed by atoms with Crippen LogP contribution < -0.4 is 10.6 Å². The van der Waals surface area contributed by atoms with Gasteiger partial charge >= 0.3 is 0 Å². The van der Waals surface area contributed by atoms with Crippen LogP contribution in [0.4, 0.5) is 0 Å². The predicted molar refractivity (Wildman–Crippen MR) is 115 cm³/mol. The molecule has 0 spiro atoms. The van der Waals surface area contributed by atoms with E-state index in [2.05, 4.69) is 27.8 Å². The van der Waals surface area contributed by atoms with Gasteiger partial charge in [-0.2, -0.15) is 0 Å². The van der Waals surface area contributed by atoms with Crippen LogP contribution in [0, 0.1) is 11.8 Å². The third kappa shape index (κ3) is 4.47. The van der Waals surface area contributed by atoms with Gasteiger partial charge in [-0.15, -0.1) is 34.2 Å². The number of hydrogen-bond donors (Lipinski definition) is 2. The Bertz CT molecular complexity index is 736. The summed E-state index contributed by atoms with van der Waals surface area (Å²) in [5, 5.41) is 15.5. The van der Waals surface area contributed by atoms with Gasteiger partial charge in [0.15, 0.2) is 17.4 Å². The molecule has 2 aliphatic rings. The highest BCUT2D eigenvalue weighted by Crippen LogP contribution is 2.44. The molecule has 0 radical (unpaired) electrons. The first kappa shape index (κ1) is 19.4. The molecule has 2 unspecified atom stereocenters. The Labute approximate surface area is 172 Å². The van der Waals surface area contributed by atoms with E-state index in [9.17, 15) is 0 Å². The number of aliphatic imine (C=N–C) groups is 1. The third-order valence-electron chi connectivity index (χ3n) is 5.52. The van der Waals surface area contributed by atoms with Crippen molar-refractivity contribution in [2.75, 3.05) is 6.54 Å². The number of guanidine groups is 1. The fraction of sp³-hybridized carbons (Fsp3) is 0.632. The molecule has 2 aromatic heterocycles. The molecular formula is C19H29IN6. The number of aromatic nitrogens is 3. The van der Waals surface area contributed by atoms with Gasteiger partial charge in [-0.1, -0.05) is 38.2 Å². The van der Waals surface area contributed by atoms with Gasteiger partial charge in [-0.3, -0.25) is 4.40 Å². The van der Waals surface area contributed by atoms with Gasteiger partial charge in [0, 0.05) is 18.8 Å². The van der Waals surface area contributed by atoms with Crippen LogP contribution in [-0.4, -0.2) is 33.1 Å². The summed E-state index contributed by atoms with van der Waals surface area (Å²) in [6.07, 6.45) is 10.4. The van der Waals surface area contributed by atoms with Crippen molar-refractivity contribution in [1.82, 2.24) is 25.2 Å². The van der Waals surface area contributed by atoms with Crippen LogP contribution in [0.2, 0.25) is 0 Å². The zero-order valence-corrected chi connectivity index (χ0v) is 17.7. The lowest BCUT2D eigenvalue weighted by atomic mass is 9.85. The summed E-state index contributed by atoms with van der Waals surface area (Å²) >= 11 is 0. The Hall–Kier alpha value is -1.38. The van der Waals surface area contributed by atoms with Gasteiger partial charge in [-0.25, -0.2) is 4.99 Å². The lowest BCUT2D eigenvalue weighted by molar-refractivity contribution is 0.315. The Morgan fingerprint density at radius 1 is 1.23 bits per heavy atom. The molecule has 2 fully saturated rings. The molecule has 6 nitrogen and oxygen atoms in total. The smallest absolute Gasteiger partial charge is 0.191 e. The SMILES string of the molecule is CCNC(=NCc1nnc2ccccn12)NC1CC1C1CCCCC1.I. The van der Waals surface area contributed by atoms with Crippen molar-refractivity contribution in [2.24, 2.45) is 16.8 Å². The number of fused-ring (bicyclic) bond motifs is 1. The molecule has 2 atom stereocenters. The molecule has 0 amide bonds. The summed E-state index contributed by atoms with van der Waals surface area (Å²) in [5.74, 6) is 3.54. The predicted octanol–water partition coefficient (Wildman–Crippen LogP) is 3.37. The van der Waals surface area contributed by atoms with E-state index in [0.29, 0.717) is 12.6 Å². The summed E-state index contributed by atoms with van der Waals surface area (Å²) in [6, 6.07) is 6.52. The summed E-state index contributed by atoms with van der Waals surface area (Å²) < 4.78 is 2.00. The van der Waals surface area contributed by atoms with Crippen LogP contribution in [-0.2, 0) is 6.54 Å². The first-order valence-corrected chi connectivity index (χ1v) is 9.68. The van der Waals surface area contributed by atoms with E-state index in [1.165, 1.54) is 38.5 Å². The maximum atomic E-state index is 4.74. The Kier molecular flexibility index (Phi) is 6.72. The third-order valence-corrected chi connectivity index (χ3v) is 5.52. The lowest BCUT2D eigenvalue weighted by Crippen LogP contribution is -2.39. The van der Waals surface area contributed by atoms with Crippen LogP contribution in [0.5, 0.6) is 0 Å². The van der Waals surface area contributed by atoms with Crippen molar-refractivity contribution >= 4 is 35.6 Å². The fourth-order valence-electron chi connectivity index (χ4n) is 4.11. The number of hydrogen-bond acceptors (Lipinski definition) is 3. The zero-order valence-electron chi connectivity index (χ0n) is 15.4. The Balaban J connectivity index is 0.00000196. The molecular weight excluding hydrogens is 439 g/mol. The number of nitrogens with zero attached hydrogens (tertiary/aromatic N) is 4. The quantitative estimate of drug-likeness (QED) is 0.401. The topological polar surface area (TPSA) is 66.6 Å². The highest BCUT2D eigenvalue weighted by atomic mass is 127. The van der Waals surface area contributed by atoms with E-state index in [-0.39, 0.29) is 24.0 Å². The molecule has 2 N–H and O–H groups in total. The standard InChI is InChI=1S/C19H28N6.HI/c1-2-20-19(22-16-12-15(16)14-8-4-3-5-9-14)21-13-18-24-23-17-10-6-7-11-25(17)18;/h6-7,10-11,14-16H,2-5,8-9,12-13H2,1H3,(H2,20,21,22);1H. The molecule has 142 valence electrons. The van der Waals surface area contributed by atoms with Crippen LogP contribution in [0.1, 0.15) is 51.3 Å². The second-order valence-electron chi connectivity index (χ2n) is 7.29. The van der Waals surface area contributed by atoms with Crippen molar-refractivity contribution in [1.29, 1.82) is 0 Å². The molecule has 0 saturated heterocycles. The number of pyridine rings is 1. The largest absolute Gasteiger partial charge is 0.357 e. The van der Waals surface area contributed by atoms with Crippen molar-refractivity contribution in [3.8, 4) is 0 Å². The molecule has 7 heteroatoms. The molecule has 0 aromatic carbocycles. The zero-order chi connectivity index (χ0) is 17.1. The first-order chi connectivity index (χ1) is 12.3. The normalized spacial score (nSPS) is 23.5. The van der Waals surface area contributed by atoms with Crippen LogP contribution in [0.3, 0.4) is 0 Å². The van der Waals surface area contributed by atoms with Gasteiger partial charge in [0.25, 0.3) is 0 Å². The molecule has 2 heterocycles. The fourth-order valence-corrected chi connectivity index (χ4v) is 4.11. The summed E-state index contributed by atoms with van der Waals surface area (Å²) in [6.45, 7) is 3.50. The summed E-state index contributed by atoms with van der Waals surface area (Å²) in [4.78, 5) is 4.74. The minimum Gasteiger partial charge on any atom is -0.357 e. The number of rotatable bonds is 5. The van der Waals surface area contributed by atoms with E-state index < -0.39 is 0 Å². The minimum absolute atomic E-state index is 0. The van der Waals surface area contributed by atoms with Crippen LogP contribution >= 0.6 is 24.0 Å².